The fourth-order valence-electron chi connectivity index (χ4n) is 1.80. The average molecular weight is 250 g/mol. The van der Waals surface area contributed by atoms with Gasteiger partial charge in [0, 0.05) is 5.56 Å². The number of rotatable bonds is 6. The van der Waals surface area contributed by atoms with Crippen molar-refractivity contribution in [2.45, 2.75) is 46.3 Å². The zero-order chi connectivity index (χ0) is 13.5. The summed E-state index contributed by atoms with van der Waals surface area (Å²) in [5.74, 6) is 0.130. The van der Waals surface area contributed by atoms with Crippen LogP contribution in [0.5, 0.6) is 0 Å². The Kier molecular flexibility index (Phi) is 5.65. The van der Waals surface area contributed by atoms with Gasteiger partial charge in [0.25, 0.3) is 0 Å². The number of amidine groups is 1. The molecule has 1 unspecified atom stereocenters. The number of oxime groups is 1. The second kappa shape index (κ2) is 7.01. The molecule has 1 atom stereocenters. The maximum atomic E-state index is 8.62. The molecular formula is C14H22N2O2. The Balaban J connectivity index is 2.68. The fraction of sp³-hybridized carbons (Fsp3) is 0.500. The Morgan fingerprint density at radius 3 is 2.78 bits per heavy atom. The Morgan fingerprint density at radius 1 is 1.50 bits per heavy atom. The molecule has 0 saturated carbocycles. The van der Waals surface area contributed by atoms with Crippen molar-refractivity contribution in [3.8, 4) is 0 Å². The lowest BCUT2D eigenvalue weighted by Gasteiger charge is -2.14. The summed E-state index contributed by atoms with van der Waals surface area (Å²) in [7, 11) is 0. The molecule has 0 aliphatic rings. The number of ether oxygens (including phenoxy) is 1. The van der Waals surface area contributed by atoms with Gasteiger partial charge in [-0.25, -0.2) is 0 Å². The van der Waals surface area contributed by atoms with Crippen LogP contribution in [0.4, 0.5) is 0 Å². The number of nitrogens with zero attached hydrogens (tertiary/aromatic N) is 1. The minimum absolute atomic E-state index is 0.130. The minimum atomic E-state index is 0.130. The lowest BCUT2D eigenvalue weighted by Crippen LogP contribution is -2.14. The molecule has 0 saturated heterocycles. The number of hydrogen-bond donors (Lipinski definition) is 2. The van der Waals surface area contributed by atoms with E-state index in [9.17, 15) is 0 Å². The molecule has 0 aliphatic heterocycles. The van der Waals surface area contributed by atoms with Crippen molar-refractivity contribution in [3.05, 3.63) is 34.9 Å². The highest BCUT2D eigenvalue weighted by molar-refractivity contribution is 5.97. The van der Waals surface area contributed by atoms with Crippen LogP contribution >= 0.6 is 0 Å². The van der Waals surface area contributed by atoms with Crippen LogP contribution in [0.25, 0.3) is 0 Å². The second-order valence-electron chi connectivity index (χ2n) is 4.54. The normalized spacial score (nSPS) is 13.6. The smallest absolute Gasteiger partial charge is 0.170 e. The quantitative estimate of drug-likeness (QED) is 0.353. The summed E-state index contributed by atoms with van der Waals surface area (Å²) < 4.78 is 5.77. The lowest BCUT2D eigenvalue weighted by molar-refractivity contribution is 0.0469. The molecule has 0 spiro atoms. The second-order valence-corrected chi connectivity index (χ2v) is 4.54. The first-order valence-corrected chi connectivity index (χ1v) is 6.27. The molecule has 100 valence electrons. The van der Waals surface area contributed by atoms with E-state index in [-0.39, 0.29) is 11.9 Å². The highest BCUT2D eigenvalue weighted by atomic mass is 16.5. The van der Waals surface area contributed by atoms with Crippen LogP contribution in [0.1, 0.15) is 43.4 Å². The summed E-state index contributed by atoms with van der Waals surface area (Å²) in [5.41, 5.74) is 8.48. The largest absolute Gasteiger partial charge is 0.409 e. The first kappa shape index (κ1) is 14.5. The molecule has 1 aromatic carbocycles. The van der Waals surface area contributed by atoms with Crippen molar-refractivity contribution in [2.75, 3.05) is 0 Å². The first-order valence-electron chi connectivity index (χ1n) is 6.27. The summed E-state index contributed by atoms with van der Waals surface area (Å²) in [6.07, 6.45) is 2.47. The van der Waals surface area contributed by atoms with Crippen LogP contribution in [0, 0.1) is 6.92 Å². The average Bonchev–Trinajstić information content (AvgIpc) is 2.36. The predicted molar refractivity (Wildman–Crippen MR) is 72.8 cm³/mol. The molecule has 0 amide bonds. The van der Waals surface area contributed by atoms with Gasteiger partial charge in [0.1, 0.15) is 0 Å². The zero-order valence-electron chi connectivity index (χ0n) is 11.3. The van der Waals surface area contributed by atoms with Crippen LogP contribution < -0.4 is 5.73 Å². The van der Waals surface area contributed by atoms with E-state index in [1.807, 2.05) is 25.1 Å². The van der Waals surface area contributed by atoms with Gasteiger partial charge in [0.2, 0.25) is 0 Å². The van der Waals surface area contributed by atoms with Crippen LogP contribution in [0.3, 0.4) is 0 Å². The highest BCUT2D eigenvalue weighted by Crippen LogP contribution is 2.14. The topological polar surface area (TPSA) is 67.8 Å². The maximum Gasteiger partial charge on any atom is 0.170 e. The molecular weight excluding hydrogens is 228 g/mol. The molecule has 0 aliphatic carbocycles. The third-order valence-electron chi connectivity index (χ3n) is 2.96. The number of benzene rings is 1. The van der Waals surface area contributed by atoms with Gasteiger partial charge in [-0.2, -0.15) is 0 Å². The standard InChI is InChI=1S/C14H22N2O2/c1-4-5-11(3)18-9-13-7-6-12(8-10(13)2)14(15)16-17/h6-8,11,17H,4-5,9H2,1-3H3,(H2,15,16). The van der Waals surface area contributed by atoms with Gasteiger partial charge in [0.05, 0.1) is 12.7 Å². The van der Waals surface area contributed by atoms with Gasteiger partial charge in [-0.3, -0.25) is 0 Å². The first-order chi connectivity index (χ1) is 8.58. The predicted octanol–water partition coefficient (Wildman–Crippen LogP) is 2.79. The molecule has 3 N–H and O–H groups in total. The van der Waals surface area contributed by atoms with E-state index in [4.69, 9.17) is 15.7 Å². The number of aryl methyl sites for hydroxylation is 1. The van der Waals surface area contributed by atoms with Crippen molar-refractivity contribution in [1.29, 1.82) is 0 Å². The van der Waals surface area contributed by atoms with E-state index < -0.39 is 0 Å². The van der Waals surface area contributed by atoms with Crippen molar-refractivity contribution in [3.63, 3.8) is 0 Å². The number of hydrogen-bond acceptors (Lipinski definition) is 3. The van der Waals surface area contributed by atoms with Crippen LogP contribution in [0.2, 0.25) is 0 Å². The van der Waals surface area contributed by atoms with Gasteiger partial charge < -0.3 is 15.7 Å². The Morgan fingerprint density at radius 2 is 2.22 bits per heavy atom. The van der Waals surface area contributed by atoms with Crippen LogP contribution in [-0.4, -0.2) is 17.1 Å². The van der Waals surface area contributed by atoms with Crippen LogP contribution in [-0.2, 0) is 11.3 Å². The zero-order valence-corrected chi connectivity index (χ0v) is 11.3. The fourth-order valence-corrected chi connectivity index (χ4v) is 1.80. The van der Waals surface area contributed by atoms with Crippen molar-refractivity contribution < 1.29 is 9.94 Å². The summed E-state index contributed by atoms with van der Waals surface area (Å²) >= 11 is 0. The Bertz CT molecular complexity index is 416. The molecule has 0 fully saturated rings. The third-order valence-corrected chi connectivity index (χ3v) is 2.96. The molecule has 1 aromatic rings. The van der Waals surface area contributed by atoms with Crippen molar-refractivity contribution in [2.24, 2.45) is 10.9 Å². The van der Waals surface area contributed by atoms with Crippen molar-refractivity contribution in [1.82, 2.24) is 0 Å². The van der Waals surface area contributed by atoms with E-state index in [0.29, 0.717) is 6.61 Å². The Hall–Kier alpha value is -1.55. The monoisotopic (exact) mass is 250 g/mol. The van der Waals surface area contributed by atoms with E-state index in [0.717, 1.165) is 29.5 Å². The molecule has 18 heavy (non-hydrogen) atoms. The van der Waals surface area contributed by atoms with Gasteiger partial charge >= 0.3 is 0 Å². The van der Waals surface area contributed by atoms with Gasteiger partial charge in [0.15, 0.2) is 5.84 Å². The van der Waals surface area contributed by atoms with E-state index >= 15 is 0 Å². The molecule has 4 heteroatoms. The molecule has 0 radical (unpaired) electrons. The van der Waals surface area contributed by atoms with Gasteiger partial charge in [-0.15, -0.1) is 0 Å². The molecule has 4 nitrogen and oxygen atoms in total. The highest BCUT2D eigenvalue weighted by Gasteiger charge is 2.06. The van der Waals surface area contributed by atoms with Gasteiger partial charge in [-0.05, 0) is 37.5 Å². The summed E-state index contributed by atoms with van der Waals surface area (Å²) in [5, 5.41) is 11.6. The minimum Gasteiger partial charge on any atom is -0.409 e. The van der Waals surface area contributed by atoms with E-state index in [2.05, 4.69) is 19.0 Å². The molecule has 1 rings (SSSR count). The third kappa shape index (κ3) is 4.04. The summed E-state index contributed by atoms with van der Waals surface area (Å²) in [6.45, 7) is 6.83. The SMILES string of the molecule is CCCC(C)OCc1ccc(/C(N)=N/O)cc1C. The maximum absolute atomic E-state index is 8.62. The Labute approximate surface area is 108 Å². The lowest BCUT2D eigenvalue weighted by atomic mass is 10.1. The molecule has 0 heterocycles. The van der Waals surface area contributed by atoms with E-state index in [1.54, 1.807) is 0 Å². The van der Waals surface area contributed by atoms with Crippen LogP contribution in [0.15, 0.2) is 23.4 Å². The van der Waals surface area contributed by atoms with Crippen molar-refractivity contribution >= 4 is 5.84 Å². The summed E-state index contributed by atoms with van der Waals surface area (Å²) in [6, 6.07) is 5.70. The molecule has 0 aromatic heterocycles. The number of nitrogens with two attached hydrogens (primary N) is 1. The molecule has 0 bridgehead atoms. The van der Waals surface area contributed by atoms with Gasteiger partial charge in [-0.1, -0.05) is 30.6 Å². The summed E-state index contributed by atoms with van der Waals surface area (Å²) in [4.78, 5) is 0. The van der Waals surface area contributed by atoms with E-state index in [1.165, 1.54) is 0 Å².